The lowest BCUT2D eigenvalue weighted by Crippen LogP contribution is -1.91. The molecular formula is C16H17N3OS. The van der Waals surface area contributed by atoms with Gasteiger partial charge in [0.1, 0.15) is 5.75 Å². The van der Waals surface area contributed by atoms with Crippen LogP contribution >= 0.6 is 11.8 Å². The minimum absolute atomic E-state index is 0.654. The zero-order valence-electron chi connectivity index (χ0n) is 12.0. The van der Waals surface area contributed by atoms with Crippen LogP contribution < -0.4 is 10.5 Å². The van der Waals surface area contributed by atoms with Crippen LogP contribution in [-0.4, -0.2) is 16.6 Å². The Hall–Kier alpha value is -2.14. The van der Waals surface area contributed by atoms with E-state index in [4.69, 9.17) is 10.5 Å². The molecule has 3 aromatic rings. The number of H-pyrrole nitrogens is 1. The van der Waals surface area contributed by atoms with Crippen LogP contribution in [0.25, 0.3) is 11.0 Å². The molecule has 0 bridgehead atoms. The van der Waals surface area contributed by atoms with Crippen LogP contribution in [0.15, 0.2) is 46.5 Å². The lowest BCUT2D eigenvalue weighted by molar-refractivity contribution is 0.340. The molecule has 0 atom stereocenters. The number of aromatic amines is 1. The third-order valence-corrected chi connectivity index (χ3v) is 4.33. The Labute approximate surface area is 127 Å². The van der Waals surface area contributed by atoms with E-state index in [-0.39, 0.29) is 0 Å². The van der Waals surface area contributed by atoms with Crippen molar-refractivity contribution in [3.63, 3.8) is 0 Å². The average molecular weight is 299 g/mol. The zero-order chi connectivity index (χ0) is 14.8. The van der Waals surface area contributed by atoms with Gasteiger partial charge in [-0.05, 0) is 49.4 Å². The van der Waals surface area contributed by atoms with Crippen LogP contribution in [0.5, 0.6) is 5.75 Å². The molecule has 108 valence electrons. The van der Waals surface area contributed by atoms with Gasteiger partial charge in [0.25, 0.3) is 0 Å². The Kier molecular flexibility index (Phi) is 3.75. The first-order valence-corrected chi connectivity index (χ1v) is 7.64. The minimum atomic E-state index is 0.654. The lowest BCUT2D eigenvalue weighted by atomic mass is 10.2. The van der Waals surface area contributed by atoms with Crippen molar-refractivity contribution < 1.29 is 4.74 Å². The second-order valence-electron chi connectivity index (χ2n) is 4.75. The Morgan fingerprint density at radius 2 is 2.14 bits per heavy atom. The number of anilines is 1. The summed E-state index contributed by atoms with van der Waals surface area (Å²) in [6, 6.07) is 11.8. The Morgan fingerprint density at radius 1 is 1.29 bits per heavy atom. The first kappa shape index (κ1) is 13.8. The van der Waals surface area contributed by atoms with Crippen molar-refractivity contribution in [2.45, 2.75) is 23.9 Å². The summed E-state index contributed by atoms with van der Waals surface area (Å²) in [5, 5.41) is 0.833. The lowest BCUT2D eigenvalue weighted by Gasteiger charge is -2.06. The van der Waals surface area contributed by atoms with Crippen LogP contribution in [0.1, 0.15) is 12.5 Å². The van der Waals surface area contributed by atoms with E-state index in [1.807, 2.05) is 37.3 Å². The number of ether oxygens (including phenoxy) is 1. The zero-order valence-corrected chi connectivity index (χ0v) is 12.8. The SMILES string of the molecule is CCOc1ccc2nc(Sc3c(C)cccc3N)[nH]c2c1. The van der Waals surface area contributed by atoms with Crippen molar-refractivity contribution >= 4 is 28.5 Å². The third-order valence-electron chi connectivity index (χ3n) is 3.18. The highest BCUT2D eigenvalue weighted by atomic mass is 32.2. The standard InChI is InChI=1S/C16H17N3OS/c1-3-20-11-7-8-13-14(9-11)19-16(18-13)21-15-10(2)5-4-6-12(15)17/h4-9H,3,17H2,1-2H3,(H,18,19). The van der Waals surface area contributed by atoms with E-state index >= 15 is 0 Å². The molecule has 0 aliphatic carbocycles. The van der Waals surface area contributed by atoms with Gasteiger partial charge in [0.15, 0.2) is 5.16 Å². The number of nitrogens with two attached hydrogens (primary N) is 1. The van der Waals surface area contributed by atoms with E-state index in [1.54, 1.807) is 11.8 Å². The number of fused-ring (bicyclic) bond motifs is 1. The number of rotatable bonds is 4. The molecule has 0 aliphatic rings. The Balaban J connectivity index is 1.94. The number of nitrogens with zero attached hydrogens (tertiary/aromatic N) is 1. The molecule has 2 aromatic carbocycles. The predicted molar refractivity (Wildman–Crippen MR) is 87.0 cm³/mol. The van der Waals surface area contributed by atoms with E-state index in [0.29, 0.717) is 6.61 Å². The number of hydrogen-bond acceptors (Lipinski definition) is 4. The van der Waals surface area contributed by atoms with Gasteiger partial charge in [0.2, 0.25) is 0 Å². The van der Waals surface area contributed by atoms with Gasteiger partial charge >= 0.3 is 0 Å². The molecule has 4 nitrogen and oxygen atoms in total. The van der Waals surface area contributed by atoms with Crippen molar-refractivity contribution in [1.82, 2.24) is 9.97 Å². The van der Waals surface area contributed by atoms with Crippen LogP contribution in [0.2, 0.25) is 0 Å². The van der Waals surface area contributed by atoms with E-state index in [0.717, 1.165) is 38.1 Å². The summed E-state index contributed by atoms with van der Waals surface area (Å²) in [5.74, 6) is 0.848. The fourth-order valence-corrected chi connectivity index (χ4v) is 3.09. The van der Waals surface area contributed by atoms with Crippen molar-refractivity contribution in [1.29, 1.82) is 0 Å². The van der Waals surface area contributed by atoms with E-state index in [2.05, 4.69) is 23.0 Å². The maximum Gasteiger partial charge on any atom is 0.171 e. The largest absolute Gasteiger partial charge is 0.494 e. The highest BCUT2D eigenvalue weighted by molar-refractivity contribution is 7.99. The average Bonchev–Trinajstić information content (AvgIpc) is 2.85. The number of nitrogens with one attached hydrogen (secondary N) is 1. The quantitative estimate of drug-likeness (QED) is 0.715. The predicted octanol–water partition coefficient (Wildman–Crippen LogP) is 4.00. The van der Waals surface area contributed by atoms with Gasteiger partial charge in [0, 0.05) is 16.6 Å². The molecule has 0 fully saturated rings. The summed E-state index contributed by atoms with van der Waals surface area (Å²) < 4.78 is 5.51. The molecule has 3 rings (SSSR count). The van der Waals surface area contributed by atoms with Gasteiger partial charge < -0.3 is 15.5 Å². The summed E-state index contributed by atoms with van der Waals surface area (Å²) in [5.41, 5.74) is 9.86. The number of benzene rings is 2. The molecule has 0 saturated heterocycles. The number of aryl methyl sites for hydroxylation is 1. The highest BCUT2D eigenvalue weighted by Gasteiger charge is 2.09. The summed E-state index contributed by atoms with van der Waals surface area (Å²) in [6.07, 6.45) is 0. The van der Waals surface area contributed by atoms with E-state index in [1.165, 1.54) is 0 Å². The van der Waals surface area contributed by atoms with Crippen molar-refractivity contribution in [2.75, 3.05) is 12.3 Å². The molecule has 5 heteroatoms. The first-order valence-electron chi connectivity index (χ1n) is 6.83. The van der Waals surface area contributed by atoms with Gasteiger partial charge in [-0.1, -0.05) is 12.1 Å². The molecule has 1 aromatic heterocycles. The number of nitrogen functional groups attached to an aromatic ring is 1. The molecule has 0 saturated carbocycles. The number of aromatic nitrogens is 2. The molecule has 0 spiro atoms. The summed E-state index contributed by atoms with van der Waals surface area (Å²) >= 11 is 1.55. The van der Waals surface area contributed by atoms with Crippen molar-refractivity contribution in [3.05, 3.63) is 42.0 Å². The second kappa shape index (κ2) is 5.69. The van der Waals surface area contributed by atoms with Gasteiger partial charge in [0.05, 0.1) is 17.6 Å². The second-order valence-corrected chi connectivity index (χ2v) is 5.75. The Bertz CT molecular complexity index is 762. The maximum absolute atomic E-state index is 6.04. The van der Waals surface area contributed by atoms with Crippen LogP contribution in [-0.2, 0) is 0 Å². The number of imidazole rings is 1. The fraction of sp³-hybridized carbons (Fsp3) is 0.188. The summed E-state index contributed by atoms with van der Waals surface area (Å²) in [7, 11) is 0. The maximum atomic E-state index is 6.04. The monoisotopic (exact) mass is 299 g/mol. The normalized spacial score (nSPS) is 11.0. The van der Waals surface area contributed by atoms with Gasteiger partial charge in [-0.2, -0.15) is 0 Å². The first-order chi connectivity index (χ1) is 10.2. The van der Waals surface area contributed by atoms with E-state index < -0.39 is 0 Å². The topological polar surface area (TPSA) is 63.9 Å². The molecule has 1 heterocycles. The van der Waals surface area contributed by atoms with Crippen LogP contribution in [0.3, 0.4) is 0 Å². The number of hydrogen-bond donors (Lipinski definition) is 2. The summed E-state index contributed by atoms with van der Waals surface area (Å²) in [6.45, 7) is 4.68. The molecule has 0 amide bonds. The Morgan fingerprint density at radius 3 is 2.90 bits per heavy atom. The molecule has 0 unspecified atom stereocenters. The third kappa shape index (κ3) is 2.83. The molecule has 0 radical (unpaired) electrons. The molecular weight excluding hydrogens is 282 g/mol. The van der Waals surface area contributed by atoms with Crippen molar-refractivity contribution in [3.8, 4) is 5.75 Å². The van der Waals surface area contributed by atoms with Gasteiger partial charge in [-0.25, -0.2) is 4.98 Å². The van der Waals surface area contributed by atoms with Gasteiger partial charge in [-0.3, -0.25) is 0 Å². The minimum Gasteiger partial charge on any atom is -0.494 e. The van der Waals surface area contributed by atoms with Gasteiger partial charge in [-0.15, -0.1) is 0 Å². The van der Waals surface area contributed by atoms with Crippen LogP contribution in [0.4, 0.5) is 5.69 Å². The molecule has 0 aliphatic heterocycles. The summed E-state index contributed by atoms with van der Waals surface area (Å²) in [4.78, 5) is 8.94. The fourth-order valence-electron chi connectivity index (χ4n) is 2.18. The van der Waals surface area contributed by atoms with Crippen LogP contribution in [0, 0.1) is 6.92 Å². The molecule has 21 heavy (non-hydrogen) atoms. The molecule has 3 N–H and O–H groups in total. The van der Waals surface area contributed by atoms with Crippen molar-refractivity contribution in [2.24, 2.45) is 0 Å². The smallest absolute Gasteiger partial charge is 0.171 e. The van der Waals surface area contributed by atoms with E-state index in [9.17, 15) is 0 Å². The highest BCUT2D eigenvalue weighted by Crippen LogP contribution is 2.34.